The van der Waals surface area contributed by atoms with Crippen molar-refractivity contribution in [1.29, 1.82) is 0 Å². The number of phenols is 2. The predicted molar refractivity (Wildman–Crippen MR) is 58.6 cm³/mol. The van der Waals surface area contributed by atoms with Gasteiger partial charge in [0.25, 0.3) is 0 Å². The molecule has 2 rings (SSSR count). The van der Waals surface area contributed by atoms with Crippen molar-refractivity contribution in [2.24, 2.45) is 0 Å². The fourth-order valence-corrected chi connectivity index (χ4v) is 1.52. The van der Waals surface area contributed by atoms with E-state index in [-0.39, 0.29) is 30.0 Å². The van der Waals surface area contributed by atoms with Gasteiger partial charge in [0.2, 0.25) is 0 Å². The molecule has 1 aliphatic heterocycles. The molecule has 1 aromatic rings. The van der Waals surface area contributed by atoms with Crippen LogP contribution >= 0.6 is 12.4 Å². The summed E-state index contributed by atoms with van der Waals surface area (Å²) in [6, 6.07) is 4.77. The summed E-state index contributed by atoms with van der Waals surface area (Å²) < 4.78 is 5.50. The number of aromatic hydroxyl groups is 2. The third-order valence-electron chi connectivity index (χ3n) is 2.30. The van der Waals surface area contributed by atoms with Crippen molar-refractivity contribution in [2.45, 2.75) is 6.10 Å². The highest BCUT2D eigenvalue weighted by Crippen LogP contribution is 2.29. The fraction of sp³-hybridized carbons (Fsp3) is 0.400. The number of rotatable bonds is 1. The Hall–Kier alpha value is -0.970. The molecule has 1 atom stereocenters. The Morgan fingerprint density at radius 1 is 1.27 bits per heavy atom. The molecule has 1 aromatic carbocycles. The Labute approximate surface area is 94.3 Å². The normalized spacial score (nSPS) is 20.7. The summed E-state index contributed by atoms with van der Waals surface area (Å²) in [6.07, 6.45) is -0.0322. The molecule has 1 saturated heterocycles. The first-order valence-corrected chi connectivity index (χ1v) is 4.61. The average molecular weight is 232 g/mol. The summed E-state index contributed by atoms with van der Waals surface area (Å²) in [5.41, 5.74) is 0.882. The van der Waals surface area contributed by atoms with Gasteiger partial charge >= 0.3 is 0 Å². The molecular formula is C10H14ClNO3. The summed E-state index contributed by atoms with van der Waals surface area (Å²) >= 11 is 0. The van der Waals surface area contributed by atoms with Gasteiger partial charge in [-0.3, -0.25) is 0 Å². The lowest BCUT2D eigenvalue weighted by atomic mass is 10.1. The Balaban J connectivity index is 0.00000112. The first kappa shape index (κ1) is 12.1. The van der Waals surface area contributed by atoms with Crippen LogP contribution in [0.2, 0.25) is 0 Å². The molecule has 1 heterocycles. The number of ether oxygens (including phenoxy) is 1. The third kappa shape index (κ3) is 2.75. The van der Waals surface area contributed by atoms with E-state index in [1.807, 2.05) is 0 Å². The van der Waals surface area contributed by atoms with Crippen LogP contribution in [0.15, 0.2) is 18.2 Å². The Morgan fingerprint density at radius 2 is 2.07 bits per heavy atom. The zero-order valence-electron chi connectivity index (χ0n) is 8.14. The van der Waals surface area contributed by atoms with Gasteiger partial charge in [-0.1, -0.05) is 6.07 Å². The molecule has 0 spiro atoms. The third-order valence-corrected chi connectivity index (χ3v) is 2.30. The summed E-state index contributed by atoms with van der Waals surface area (Å²) in [4.78, 5) is 0. The van der Waals surface area contributed by atoms with E-state index in [2.05, 4.69) is 5.32 Å². The number of phenolic OH excluding ortho intramolecular Hbond substituents is 2. The largest absolute Gasteiger partial charge is 0.504 e. The second-order valence-corrected chi connectivity index (χ2v) is 3.31. The van der Waals surface area contributed by atoms with Gasteiger partial charge < -0.3 is 20.3 Å². The SMILES string of the molecule is Cl.Oc1ccc(C2CNCCO2)cc1O. The average Bonchev–Trinajstić information content (AvgIpc) is 2.23. The number of halogens is 1. The van der Waals surface area contributed by atoms with Crippen LogP contribution < -0.4 is 5.32 Å². The van der Waals surface area contributed by atoms with Gasteiger partial charge in [0.15, 0.2) is 11.5 Å². The number of morpholine rings is 1. The molecule has 0 aliphatic carbocycles. The van der Waals surface area contributed by atoms with Crippen molar-refractivity contribution < 1.29 is 14.9 Å². The van der Waals surface area contributed by atoms with Crippen molar-refractivity contribution in [3.63, 3.8) is 0 Å². The van der Waals surface area contributed by atoms with Crippen LogP contribution in [0, 0.1) is 0 Å². The van der Waals surface area contributed by atoms with E-state index < -0.39 is 0 Å². The maximum absolute atomic E-state index is 9.30. The van der Waals surface area contributed by atoms with Crippen LogP contribution in [0.4, 0.5) is 0 Å². The molecule has 0 saturated carbocycles. The highest BCUT2D eigenvalue weighted by Gasteiger charge is 2.16. The van der Waals surface area contributed by atoms with E-state index >= 15 is 0 Å². The van der Waals surface area contributed by atoms with E-state index in [0.29, 0.717) is 6.61 Å². The highest BCUT2D eigenvalue weighted by molar-refractivity contribution is 5.85. The Bertz CT molecular complexity index is 326. The van der Waals surface area contributed by atoms with Gasteiger partial charge in [0.05, 0.1) is 12.7 Å². The van der Waals surface area contributed by atoms with Crippen molar-refractivity contribution >= 4 is 12.4 Å². The first-order chi connectivity index (χ1) is 6.77. The lowest BCUT2D eigenvalue weighted by Crippen LogP contribution is -2.33. The first-order valence-electron chi connectivity index (χ1n) is 4.61. The van der Waals surface area contributed by atoms with Crippen molar-refractivity contribution in [1.82, 2.24) is 5.32 Å². The number of hydrogen-bond acceptors (Lipinski definition) is 4. The van der Waals surface area contributed by atoms with Crippen LogP contribution in [-0.4, -0.2) is 29.9 Å². The molecule has 1 fully saturated rings. The number of hydrogen-bond donors (Lipinski definition) is 3. The molecule has 0 bridgehead atoms. The predicted octanol–water partition coefficient (Wildman–Crippen LogP) is 1.18. The fourth-order valence-electron chi connectivity index (χ4n) is 1.52. The monoisotopic (exact) mass is 231 g/mol. The van der Waals surface area contributed by atoms with E-state index in [4.69, 9.17) is 9.84 Å². The lowest BCUT2D eigenvalue weighted by Gasteiger charge is -2.24. The number of benzene rings is 1. The van der Waals surface area contributed by atoms with Gasteiger partial charge in [-0.2, -0.15) is 0 Å². The molecule has 0 radical (unpaired) electrons. The molecule has 5 heteroatoms. The van der Waals surface area contributed by atoms with E-state index in [0.717, 1.165) is 18.7 Å². The molecule has 15 heavy (non-hydrogen) atoms. The summed E-state index contributed by atoms with van der Waals surface area (Å²) in [5, 5.41) is 21.6. The molecule has 1 aliphatic rings. The zero-order chi connectivity index (χ0) is 9.97. The molecule has 3 N–H and O–H groups in total. The van der Waals surface area contributed by atoms with Gasteiger partial charge in [-0.05, 0) is 17.7 Å². The van der Waals surface area contributed by atoms with Gasteiger partial charge in [-0.25, -0.2) is 0 Å². The standard InChI is InChI=1S/C10H13NO3.ClH/c12-8-2-1-7(5-9(8)13)10-6-11-3-4-14-10;/h1-2,5,10-13H,3-4,6H2;1H. The van der Waals surface area contributed by atoms with E-state index in [9.17, 15) is 5.11 Å². The minimum Gasteiger partial charge on any atom is -0.504 e. The van der Waals surface area contributed by atoms with E-state index in [1.165, 1.54) is 12.1 Å². The van der Waals surface area contributed by atoms with E-state index in [1.54, 1.807) is 6.07 Å². The molecular weight excluding hydrogens is 218 g/mol. The zero-order valence-corrected chi connectivity index (χ0v) is 8.96. The van der Waals surface area contributed by atoms with Gasteiger partial charge in [0.1, 0.15) is 0 Å². The van der Waals surface area contributed by atoms with Gasteiger partial charge in [-0.15, -0.1) is 12.4 Å². The summed E-state index contributed by atoms with van der Waals surface area (Å²) in [5.74, 6) is -0.200. The van der Waals surface area contributed by atoms with Crippen LogP contribution in [0.1, 0.15) is 11.7 Å². The number of nitrogens with one attached hydrogen (secondary N) is 1. The maximum atomic E-state index is 9.30. The van der Waals surface area contributed by atoms with Crippen molar-refractivity contribution in [3.05, 3.63) is 23.8 Å². The van der Waals surface area contributed by atoms with Gasteiger partial charge in [0, 0.05) is 13.1 Å². The summed E-state index contributed by atoms with van der Waals surface area (Å²) in [7, 11) is 0. The van der Waals surface area contributed by atoms with Crippen LogP contribution in [0.25, 0.3) is 0 Å². The highest BCUT2D eigenvalue weighted by atomic mass is 35.5. The summed E-state index contributed by atoms with van der Waals surface area (Å²) in [6.45, 7) is 2.27. The lowest BCUT2D eigenvalue weighted by molar-refractivity contribution is 0.0275. The second-order valence-electron chi connectivity index (χ2n) is 3.31. The smallest absolute Gasteiger partial charge is 0.157 e. The molecule has 0 aromatic heterocycles. The minimum atomic E-state index is -0.100. The quantitative estimate of drug-likeness (QED) is 0.636. The topological polar surface area (TPSA) is 61.7 Å². The van der Waals surface area contributed by atoms with Crippen molar-refractivity contribution in [3.8, 4) is 11.5 Å². The van der Waals surface area contributed by atoms with Crippen molar-refractivity contribution in [2.75, 3.05) is 19.7 Å². The second kappa shape index (κ2) is 5.21. The Morgan fingerprint density at radius 3 is 2.67 bits per heavy atom. The van der Waals surface area contributed by atoms with Crippen LogP contribution in [0.3, 0.4) is 0 Å². The van der Waals surface area contributed by atoms with Crippen LogP contribution in [-0.2, 0) is 4.74 Å². The van der Waals surface area contributed by atoms with Crippen LogP contribution in [0.5, 0.6) is 11.5 Å². The molecule has 84 valence electrons. The molecule has 1 unspecified atom stereocenters. The molecule has 4 nitrogen and oxygen atoms in total. The maximum Gasteiger partial charge on any atom is 0.157 e. The molecule has 0 amide bonds. The Kier molecular flexibility index (Phi) is 4.20. The minimum absolute atomic E-state index is 0.